The number of carbonyl (C=O) groups excluding carboxylic acids is 2. The Kier molecular flexibility index (Phi) is 33.3. The molecule has 1 aliphatic heterocycles. The maximum atomic E-state index is 12.8. The van der Waals surface area contributed by atoms with E-state index >= 15 is 0 Å². The zero-order valence-electron chi connectivity index (χ0n) is 36.3. The molecule has 6 atom stereocenters. The lowest BCUT2D eigenvalue weighted by molar-refractivity contribution is -0.297. The summed E-state index contributed by atoms with van der Waals surface area (Å²) in [6.07, 6.45) is 37.8. The Morgan fingerprint density at radius 3 is 1.63 bits per heavy atom. The van der Waals surface area contributed by atoms with Crippen molar-refractivity contribution < 1.29 is 56.8 Å². The van der Waals surface area contributed by atoms with Crippen LogP contribution in [-0.4, -0.2) is 96.0 Å². The van der Waals surface area contributed by atoms with Crippen molar-refractivity contribution >= 4 is 22.1 Å². The van der Waals surface area contributed by atoms with Gasteiger partial charge in [0, 0.05) is 12.8 Å². The molecule has 60 heavy (non-hydrogen) atoms. The summed E-state index contributed by atoms with van der Waals surface area (Å²) < 4.78 is 53.9. The largest absolute Gasteiger partial charge is 0.462 e. The molecule has 6 unspecified atom stereocenters. The molecule has 1 fully saturated rings. The van der Waals surface area contributed by atoms with Gasteiger partial charge in [-0.15, -0.1) is 0 Å². The van der Waals surface area contributed by atoms with Gasteiger partial charge < -0.3 is 34.3 Å². The monoisotopic (exact) mass is 865 g/mol. The minimum atomic E-state index is -4.62. The molecule has 4 N–H and O–H groups in total. The average Bonchev–Trinajstić information content (AvgIpc) is 3.21. The van der Waals surface area contributed by atoms with Crippen molar-refractivity contribution in [2.24, 2.45) is 0 Å². The third kappa shape index (κ3) is 30.8. The summed E-state index contributed by atoms with van der Waals surface area (Å²) in [5, 5.41) is 30.8. The van der Waals surface area contributed by atoms with Crippen LogP contribution in [0.4, 0.5) is 0 Å². The normalized spacial score (nSPS) is 20.9. The Balaban J connectivity index is 2.53. The highest BCUT2D eigenvalue weighted by Crippen LogP contribution is 2.24. The molecule has 0 amide bonds. The van der Waals surface area contributed by atoms with Gasteiger partial charge in [-0.05, 0) is 77.0 Å². The number of aliphatic hydroxyl groups is 3. The van der Waals surface area contributed by atoms with Gasteiger partial charge >= 0.3 is 11.9 Å². The fourth-order valence-corrected chi connectivity index (χ4v) is 6.74. The second-order valence-corrected chi connectivity index (χ2v) is 16.5. The summed E-state index contributed by atoms with van der Waals surface area (Å²) in [6.45, 7) is 3.54. The molecule has 0 aromatic carbocycles. The second kappa shape index (κ2) is 36.5. The maximum absolute atomic E-state index is 12.8. The van der Waals surface area contributed by atoms with E-state index in [1.165, 1.54) is 25.7 Å². The predicted molar refractivity (Wildman–Crippen MR) is 238 cm³/mol. The molecule has 12 nitrogen and oxygen atoms in total. The molecule has 0 aromatic rings. The highest BCUT2D eigenvalue weighted by Gasteiger charge is 2.46. The first-order valence-corrected chi connectivity index (χ1v) is 23.8. The van der Waals surface area contributed by atoms with E-state index in [0.717, 1.165) is 70.6 Å². The Bertz CT molecular complexity index is 1430. The van der Waals surface area contributed by atoms with Crippen LogP contribution < -0.4 is 0 Å². The molecule has 0 aliphatic carbocycles. The number of carbonyl (C=O) groups is 2. The molecule has 342 valence electrons. The van der Waals surface area contributed by atoms with E-state index in [2.05, 4.69) is 80.7 Å². The Morgan fingerprint density at radius 2 is 1.08 bits per heavy atom. The molecule has 0 radical (unpaired) electrons. The number of rotatable bonds is 35. The Labute approximate surface area is 360 Å². The number of allylic oxidation sites excluding steroid dienone is 14. The topological polar surface area (TPSA) is 186 Å². The van der Waals surface area contributed by atoms with Gasteiger partial charge in [-0.2, -0.15) is 8.42 Å². The lowest BCUT2D eigenvalue weighted by atomic mass is 10.00. The van der Waals surface area contributed by atoms with Crippen molar-refractivity contribution in [2.45, 2.75) is 179 Å². The predicted octanol–water partition coefficient (Wildman–Crippen LogP) is 8.89. The molecule has 0 bridgehead atoms. The number of hydrogen-bond donors (Lipinski definition) is 4. The van der Waals surface area contributed by atoms with Crippen molar-refractivity contribution in [1.29, 1.82) is 0 Å². The van der Waals surface area contributed by atoms with Gasteiger partial charge in [-0.1, -0.05) is 137 Å². The fourth-order valence-electron chi connectivity index (χ4n) is 6.05. The zero-order chi connectivity index (χ0) is 44.1. The number of ether oxygens (including phenoxy) is 4. The molecule has 0 spiro atoms. The Hall–Kier alpha value is -3.17. The van der Waals surface area contributed by atoms with Crippen LogP contribution in [0.15, 0.2) is 85.1 Å². The number of unbranched alkanes of at least 4 members (excludes halogenated alkanes) is 9. The summed E-state index contributed by atoms with van der Waals surface area (Å²) >= 11 is 0. The van der Waals surface area contributed by atoms with Crippen LogP contribution in [0.25, 0.3) is 0 Å². The molecular formula is C47H76O12S. The highest BCUT2D eigenvalue weighted by molar-refractivity contribution is 7.85. The molecule has 0 saturated carbocycles. The summed E-state index contributed by atoms with van der Waals surface area (Å²) in [7, 11) is -4.62. The van der Waals surface area contributed by atoms with Crippen molar-refractivity contribution in [3.05, 3.63) is 85.1 Å². The summed E-state index contributed by atoms with van der Waals surface area (Å²) in [6, 6.07) is 0. The van der Waals surface area contributed by atoms with E-state index < -0.39 is 71.2 Å². The van der Waals surface area contributed by atoms with Gasteiger partial charge in [0.15, 0.2) is 12.4 Å². The summed E-state index contributed by atoms with van der Waals surface area (Å²) in [5.41, 5.74) is 0. The second-order valence-electron chi connectivity index (χ2n) is 15.0. The first kappa shape index (κ1) is 54.8. The van der Waals surface area contributed by atoms with E-state index in [-0.39, 0.29) is 19.4 Å². The minimum absolute atomic E-state index is 0.0330. The van der Waals surface area contributed by atoms with Crippen molar-refractivity contribution in [3.8, 4) is 0 Å². The molecule has 1 aliphatic rings. The molecule has 1 heterocycles. The van der Waals surface area contributed by atoms with E-state index in [9.17, 15) is 37.9 Å². The fraction of sp³-hybridized carbons (Fsp3) is 0.660. The van der Waals surface area contributed by atoms with Crippen molar-refractivity contribution in [2.75, 3.05) is 19.0 Å². The van der Waals surface area contributed by atoms with Gasteiger partial charge in [-0.3, -0.25) is 14.1 Å². The van der Waals surface area contributed by atoms with Gasteiger partial charge in [0.25, 0.3) is 10.1 Å². The maximum Gasteiger partial charge on any atom is 0.306 e. The SMILES string of the molecule is CC/C=C\C/C=C\C/C=C\C/C=C\C/C=C\C/C=C\CCC(=O)OC(COC(=O)CCCCCCC/C=C\CCCCCC)COC1OC(CS(=O)(=O)O)C(O)C(O)C1O. The zero-order valence-corrected chi connectivity index (χ0v) is 37.1. The minimum Gasteiger partial charge on any atom is -0.462 e. The molecule has 1 saturated heterocycles. The molecule has 1 rings (SSSR count). The number of aliphatic hydroxyl groups excluding tert-OH is 3. The number of esters is 2. The van der Waals surface area contributed by atoms with Gasteiger partial charge in [0.05, 0.1) is 6.61 Å². The van der Waals surface area contributed by atoms with Crippen LogP contribution in [0.5, 0.6) is 0 Å². The van der Waals surface area contributed by atoms with E-state index in [1.54, 1.807) is 0 Å². The standard InChI is InChI=1S/C47H76O12S/c1-3-5-7-9-11-13-15-17-18-19-20-21-22-24-26-28-30-32-34-36-43(49)58-40(38-57-47-46(52)45(51)44(50)41(59-47)39-60(53,54)55)37-56-42(48)35-33-31-29-27-25-23-16-14-12-10-8-6-4-2/h5,7,11,13-14,16-18,20-21,24,26,30,32,40-41,44-47,50-52H,3-4,6,8-10,12,15,19,22-23,25,27-29,31,33-39H2,1-2H3,(H,53,54,55)/b7-5-,13-11-,16-14-,18-17-,21-20-,26-24-,32-30-. The lowest BCUT2D eigenvalue weighted by Gasteiger charge is -2.40. The molecular weight excluding hydrogens is 789 g/mol. The molecule has 13 heteroatoms. The van der Waals surface area contributed by atoms with E-state index in [0.29, 0.717) is 19.3 Å². The van der Waals surface area contributed by atoms with Gasteiger partial charge in [0.2, 0.25) is 0 Å². The highest BCUT2D eigenvalue weighted by atomic mass is 32.2. The smallest absolute Gasteiger partial charge is 0.306 e. The summed E-state index contributed by atoms with van der Waals surface area (Å²) in [5.74, 6) is -2.12. The van der Waals surface area contributed by atoms with Crippen molar-refractivity contribution in [3.63, 3.8) is 0 Å². The van der Waals surface area contributed by atoms with Crippen LogP contribution in [-0.2, 0) is 38.7 Å². The third-order valence-electron chi connectivity index (χ3n) is 9.47. The van der Waals surface area contributed by atoms with Crippen LogP contribution in [0.2, 0.25) is 0 Å². The van der Waals surface area contributed by atoms with Crippen LogP contribution in [0.1, 0.15) is 142 Å². The number of hydrogen-bond acceptors (Lipinski definition) is 11. The lowest BCUT2D eigenvalue weighted by Crippen LogP contribution is -2.60. The van der Waals surface area contributed by atoms with Crippen LogP contribution >= 0.6 is 0 Å². The average molecular weight is 865 g/mol. The Morgan fingerprint density at radius 1 is 0.583 bits per heavy atom. The van der Waals surface area contributed by atoms with Gasteiger partial charge in [0.1, 0.15) is 36.8 Å². The van der Waals surface area contributed by atoms with E-state index in [4.69, 9.17) is 18.9 Å². The summed E-state index contributed by atoms with van der Waals surface area (Å²) in [4.78, 5) is 25.3. The van der Waals surface area contributed by atoms with Crippen LogP contribution in [0.3, 0.4) is 0 Å². The molecule has 0 aromatic heterocycles. The van der Waals surface area contributed by atoms with Crippen molar-refractivity contribution in [1.82, 2.24) is 0 Å². The first-order valence-electron chi connectivity index (χ1n) is 22.1. The third-order valence-corrected chi connectivity index (χ3v) is 10.2. The quantitative estimate of drug-likeness (QED) is 0.0206. The van der Waals surface area contributed by atoms with Crippen LogP contribution in [0, 0.1) is 0 Å². The first-order chi connectivity index (χ1) is 29.0. The van der Waals surface area contributed by atoms with Gasteiger partial charge in [-0.25, -0.2) is 0 Å². The van der Waals surface area contributed by atoms with E-state index in [1.807, 2.05) is 18.2 Å².